The van der Waals surface area contributed by atoms with Crippen LogP contribution in [0.5, 0.6) is 0 Å². The zero-order valence-electron chi connectivity index (χ0n) is 20.4. The molecule has 1 aliphatic carbocycles. The maximum Gasteiger partial charge on any atom is 0.227 e. The molecule has 0 spiro atoms. The highest BCUT2D eigenvalue weighted by atomic mass is 16.1. The van der Waals surface area contributed by atoms with E-state index in [0.717, 1.165) is 49.4 Å². The Labute approximate surface area is 207 Å². The smallest absolute Gasteiger partial charge is 0.227 e. The van der Waals surface area contributed by atoms with Gasteiger partial charge in [-0.05, 0) is 66.0 Å². The van der Waals surface area contributed by atoms with Crippen LogP contribution in [0.25, 0.3) is 22.4 Å². The zero-order valence-corrected chi connectivity index (χ0v) is 20.4. The summed E-state index contributed by atoms with van der Waals surface area (Å²) in [5, 5.41) is 3.22. The van der Waals surface area contributed by atoms with Crippen molar-refractivity contribution in [1.82, 2.24) is 14.9 Å². The average molecular weight is 462 g/mol. The number of rotatable bonds is 5. The summed E-state index contributed by atoms with van der Waals surface area (Å²) in [5.41, 5.74) is 9.79. The van der Waals surface area contributed by atoms with Crippen LogP contribution in [0.3, 0.4) is 0 Å². The van der Waals surface area contributed by atoms with Crippen molar-refractivity contribution in [3.05, 3.63) is 101 Å². The van der Waals surface area contributed by atoms with Gasteiger partial charge >= 0.3 is 0 Å². The zero-order chi connectivity index (χ0) is 23.9. The molecule has 35 heavy (non-hydrogen) atoms. The monoisotopic (exact) mass is 461 g/mol. The van der Waals surface area contributed by atoms with E-state index in [-0.39, 0.29) is 11.8 Å². The summed E-state index contributed by atoms with van der Waals surface area (Å²) in [6.07, 6.45) is 5.05. The second-order valence-corrected chi connectivity index (χ2v) is 10.2. The molecule has 0 radical (unpaired) electrons. The molecule has 0 bridgehead atoms. The van der Waals surface area contributed by atoms with Crippen molar-refractivity contribution < 1.29 is 4.79 Å². The first-order valence-corrected chi connectivity index (χ1v) is 12.6. The van der Waals surface area contributed by atoms with Gasteiger partial charge in [0, 0.05) is 31.3 Å². The number of amides is 1. The molecule has 2 unspecified atom stereocenters. The number of hydrogen-bond acceptors (Lipinski definition) is 2. The number of nitrogens with zero attached hydrogens (tertiary/aromatic N) is 2. The molecule has 1 N–H and O–H groups in total. The van der Waals surface area contributed by atoms with Crippen LogP contribution in [0.1, 0.15) is 40.4 Å². The highest BCUT2D eigenvalue weighted by Crippen LogP contribution is 2.35. The second kappa shape index (κ2) is 8.84. The van der Waals surface area contributed by atoms with Crippen molar-refractivity contribution in [2.45, 2.75) is 45.6 Å². The first-order chi connectivity index (χ1) is 17.0. The Kier molecular flexibility index (Phi) is 5.52. The van der Waals surface area contributed by atoms with E-state index >= 15 is 0 Å². The summed E-state index contributed by atoms with van der Waals surface area (Å²) in [7, 11) is 0. The van der Waals surface area contributed by atoms with Gasteiger partial charge in [0.1, 0.15) is 5.82 Å². The molecule has 176 valence electrons. The summed E-state index contributed by atoms with van der Waals surface area (Å²) < 4.78 is 2.28. The fourth-order valence-electron chi connectivity index (χ4n) is 5.44. The van der Waals surface area contributed by atoms with Gasteiger partial charge < -0.3 is 9.88 Å². The van der Waals surface area contributed by atoms with Crippen LogP contribution in [0, 0.1) is 19.8 Å². The number of carbonyl (C=O) groups is 1. The maximum absolute atomic E-state index is 12.7. The molecular formula is C31H31N3O. The van der Waals surface area contributed by atoms with Crippen LogP contribution in [0.15, 0.2) is 72.9 Å². The number of imidazole rings is 1. The van der Waals surface area contributed by atoms with E-state index in [9.17, 15) is 4.79 Å². The number of aryl methyl sites for hydroxylation is 3. The minimum atomic E-state index is 0.0250. The minimum absolute atomic E-state index is 0.0250. The topological polar surface area (TPSA) is 46.9 Å². The van der Waals surface area contributed by atoms with E-state index in [4.69, 9.17) is 4.98 Å². The van der Waals surface area contributed by atoms with Crippen molar-refractivity contribution in [3.63, 3.8) is 0 Å². The Bertz CT molecular complexity index is 1400. The van der Waals surface area contributed by atoms with Gasteiger partial charge in [-0.25, -0.2) is 4.98 Å². The van der Waals surface area contributed by atoms with E-state index in [2.05, 4.69) is 84.5 Å². The van der Waals surface area contributed by atoms with Gasteiger partial charge in [0.2, 0.25) is 5.91 Å². The Morgan fingerprint density at radius 2 is 1.74 bits per heavy atom. The maximum atomic E-state index is 12.7. The van der Waals surface area contributed by atoms with E-state index in [0.29, 0.717) is 5.92 Å². The van der Waals surface area contributed by atoms with Gasteiger partial charge in [-0.2, -0.15) is 0 Å². The molecule has 2 heterocycles. The first-order valence-electron chi connectivity index (χ1n) is 12.6. The molecule has 3 aromatic carbocycles. The third-order valence-electron chi connectivity index (χ3n) is 7.85. The number of fused-ring (bicyclic) bond motifs is 2. The van der Waals surface area contributed by atoms with E-state index in [1.165, 1.54) is 33.4 Å². The highest BCUT2D eigenvalue weighted by molar-refractivity contribution is 5.86. The van der Waals surface area contributed by atoms with Crippen LogP contribution in [0.2, 0.25) is 0 Å². The molecule has 4 nitrogen and oxygen atoms in total. The lowest BCUT2D eigenvalue weighted by atomic mass is 9.77. The average Bonchev–Trinajstić information content (AvgIpc) is 3.29. The summed E-state index contributed by atoms with van der Waals surface area (Å²) in [6, 6.07) is 23.6. The molecule has 6 rings (SSSR count). The van der Waals surface area contributed by atoms with Crippen LogP contribution < -0.4 is 5.32 Å². The summed E-state index contributed by atoms with van der Waals surface area (Å²) in [5.74, 6) is 1.78. The van der Waals surface area contributed by atoms with Gasteiger partial charge in [-0.15, -0.1) is 0 Å². The number of aromatic nitrogens is 2. The number of hydrogen-bond donors (Lipinski definition) is 1. The third-order valence-corrected chi connectivity index (χ3v) is 7.85. The first kappa shape index (κ1) is 21.8. The normalized spacial score (nSPS) is 18.3. The lowest BCUT2D eigenvalue weighted by Crippen LogP contribution is -2.39. The molecule has 1 aliphatic heterocycles. The number of carbonyl (C=O) groups excluding carboxylic acids is 1. The van der Waals surface area contributed by atoms with Crippen molar-refractivity contribution in [2.24, 2.45) is 5.92 Å². The molecule has 4 aromatic rings. The van der Waals surface area contributed by atoms with Crippen LogP contribution in [-0.4, -0.2) is 22.0 Å². The highest BCUT2D eigenvalue weighted by Gasteiger charge is 2.32. The second-order valence-electron chi connectivity index (χ2n) is 10.2. The predicted octanol–water partition coefficient (Wildman–Crippen LogP) is 5.85. The van der Waals surface area contributed by atoms with Crippen LogP contribution in [-0.2, 0) is 24.2 Å². The van der Waals surface area contributed by atoms with Crippen LogP contribution >= 0.6 is 0 Å². The summed E-state index contributed by atoms with van der Waals surface area (Å²) in [6.45, 7) is 5.95. The lowest BCUT2D eigenvalue weighted by molar-refractivity contribution is -0.123. The summed E-state index contributed by atoms with van der Waals surface area (Å²) >= 11 is 0. The summed E-state index contributed by atoms with van der Waals surface area (Å²) in [4.78, 5) is 17.6. The van der Waals surface area contributed by atoms with Crippen molar-refractivity contribution in [3.8, 4) is 22.4 Å². The molecule has 1 aromatic heterocycles. The van der Waals surface area contributed by atoms with Crippen molar-refractivity contribution in [1.29, 1.82) is 0 Å². The van der Waals surface area contributed by atoms with Gasteiger partial charge in [0.05, 0.1) is 11.6 Å². The number of nitrogens with one attached hydrogen (secondary N) is 1. The molecule has 1 amide bonds. The number of benzene rings is 3. The van der Waals surface area contributed by atoms with Gasteiger partial charge in [0.25, 0.3) is 0 Å². The SMILES string of the molecule is Cc1ccc(-c2ccc(-c3cn4c(n3)CCC(CNC(=O)C3Cc5ccccc53)C4)cc2)cc1C. The lowest BCUT2D eigenvalue weighted by Gasteiger charge is -2.30. The van der Waals surface area contributed by atoms with E-state index < -0.39 is 0 Å². The fourth-order valence-corrected chi connectivity index (χ4v) is 5.44. The molecule has 0 saturated heterocycles. The Balaban J connectivity index is 1.09. The molecular weight excluding hydrogens is 430 g/mol. The fraction of sp³-hybridized carbons (Fsp3) is 0.290. The quantitative estimate of drug-likeness (QED) is 0.405. The van der Waals surface area contributed by atoms with Crippen LogP contribution in [0.4, 0.5) is 0 Å². The minimum Gasteiger partial charge on any atom is -0.355 e. The van der Waals surface area contributed by atoms with E-state index in [1.54, 1.807) is 0 Å². The third kappa shape index (κ3) is 4.18. The Hall–Kier alpha value is -3.66. The van der Waals surface area contributed by atoms with Gasteiger partial charge in [-0.1, -0.05) is 66.7 Å². The molecule has 2 atom stereocenters. The van der Waals surface area contributed by atoms with Crippen molar-refractivity contribution in [2.75, 3.05) is 6.54 Å². The Morgan fingerprint density at radius 1 is 0.971 bits per heavy atom. The van der Waals surface area contributed by atoms with Gasteiger partial charge in [0.15, 0.2) is 0 Å². The molecule has 0 saturated carbocycles. The van der Waals surface area contributed by atoms with Gasteiger partial charge in [-0.3, -0.25) is 4.79 Å². The predicted molar refractivity (Wildman–Crippen MR) is 140 cm³/mol. The van der Waals surface area contributed by atoms with Crippen molar-refractivity contribution >= 4 is 5.91 Å². The Morgan fingerprint density at radius 3 is 2.54 bits per heavy atom. The van der Waals surface area contributed by atoms with E-state index in [1.807, 2.05) is 12.1 Å². The molecule has 2 aliphatic rings. The standard InChI is InChI=1S/C31H31N3O/c1-20-7-9-25(15-21(20)2)23-10-12-24(13-11-23)29-19-34-18-22(8-14-30(34)33-29)17-32-31(35)28-16-26-5-3-4-6-27(26)28/h3-7,9-13,15,19,22,28H,8,14,16-18H2,1-2H3,(H,32,35). The molecule has 4 heteroatoms. The molecule has 0 fully saturated rings. The largest absolute Gasteiger partial charge is 0.355 e.